The van der Waals surface area contributed by atoms with E-state index in [0.29, 0.717) is 0 Å². The van der Waals surface area contributed by atoms with Gasteiger partial charge in [-0.3, -0.25) is 0 Å². The zero-order chi connectivity index (χ0) is 12.8. The molecule has 0 bridgehead atoms. The van der Waals surface area contributed by atoms with Crippen LogP contribution in [0.5, 0.6) is 0 Å². The minimum atomic E-state index is 0.789. The second-order valence-electron chi connectivity index (χ2n) is 5.14. The minimum absolute atomic E-state index is 0.789. The first-order chi connectivity index (χ1) is 8.81. The van der Waals surface area contributed by atoms with Crippen LogP contribution < -0.4 is 5.32 Å². The molecule has 1 aromatic carbocycles. The zero-order valence-electron chi connectivity index (χ0n) is 11.5. The molecule has 2 rings (SSSR count). The Labute approximate surface area is 110 Å². The number of aryl methyl sites for hydroxylation is 1. The standard InChI is InChI=1S/C16H24N2/c1-3-14(2)13-17-10-6-11-18-12-9-15-7-4-5-8-16(15)18/h4-5,7-9,12,14,17H,3,6,10-11,13H2,1-2H3. The third-order valence-corrected chi connectivity index (χ3v) is 3.62. The monoisotopic (exact) mass is 244 g/mol. The molecular formula is C16H24N2. The van der Waals surface area contributed by atoms with Crippen LogP contribution in [0.25, 0.3) is 10.9 Å². The van der Waals surface area contributed by atoms with Gasteiger partial charge in [0.05, 0.1) is 0 Å². The second-order valence-corrected chi connectivity index (χ2v) is 5.14. The van der Waals surface area contributed by atoms with E-state index >= 15 is 0 Å². The van der Waals surface area contributed by atoms with Gasteiger partial charge in [-0.1, -0.05) is 38.5 Å². The molecule has 0 radical (unpaired) electrons. The number of nitrogens with zero attached hydrogens (tertiary/aromatic N) is 1. The third kappa shape index (κ3) is 3.36. The normalized spacial score (nSPS) is 13.0. The van der Waals surface area contributed by atoms with Crippen molar-refractivity contribution in [2.24, 2.45) is 5.92 Å². The molecule has 1 aromatic heterocycles. The highest BCUT2D eigenvalue weighted by molar-refractivity contribution is 5.79. The van der Waals surface area contributed by atoms with Crippen molar-refractivity contribution >= 4 is 10.9 Å². The summed E-state index contributed by atoms with van der Waals surface area (Å²) in [6, 6.07) is 10.8. The molecule has 0 aliphatic heterocycles. The molecule has 2 aromatic rings. The molecule has 1 N–H and O–H groups in total. The van der Waals surface area contributed by atoms with Gasteiger partial charge in [0.1, 0.15) is 0 Å². The SMILES string of the molecule is CCC(C)CNCCCn1ccc2ccccc21. The van der Waals surface area contributed by atoms with Crippen LogP contribution in [0.2, 0.25) is 0 Å². The van der Waals surface area contributed by atoms with E-state index in [4.69, 9.17) is 0 Å². The van der Waals surface area contributed by atoms with E-state index in [1.54, 1.807) is 0 Å². The summed E-state index contributed by atoms with van der Waals surface area (Å²) in [4.78, 5) is 0. The zero-order valence-corrected chi connectivity index (χ0v) is 11.5. The van der Waals surface area contributed by atoms with Crippen LogP contribution >= 0.6 is 0 Å². The maximum atomic E-state index is 3.53. The van der Waals surface area contributed by atoms with Gasteiger partial charge < -0.3 is 9.88 Å². The van der Waals surface area contributed by atoms with Crippen LogP contribution in [-0.4, -0.2) is 17.7 Å². The van der Waals surface area contributed by atoms with E-state index < -0.39 is 0 Å². The lowest BCUT2D eigenvalue weighted by atomic mass is 10.1. The Balaban J connectivity index is 1.77. The van der Waals surface area contributed by atoms with Gasteiger partial charge >= 0.3 is 0 Å². The average molecular weight is 244 g/mol. The van der Waals surface area contributed by atoms with Crippen molar-refractivity contribution in [3.8, 4) is 0 Å². The Morgan fingerprint density at radius 2 is 2.06 bits per heavy atom. The van der Waals surface area contributed by atoms with Crippen molar-refractivity contribution in [1.29, 1.82) is 0 Å². The molecule has 0 aliphatic carbocycles. The predicted molar refractivity (Wildman–Crippen MR) is 78.9 cm³/mol. The Morgan fingerprint density at radius 1 is 1.22 bits per heavy atom. The van der Waals surface area contributed by atoms with Gasteiger partial charge in [-0.2, -0.15) is 0 Å². The van der Waals surface area contributed by atoms with E-state index in [9.17, 15) is 0 Å². The van der Waals surface area contributed by atoms with Crippen LogP contribution in [0.3, 0.4) is 0 Å². The van der Waals surface area contributed by atoms with E-state index in [0.717, 1.165) is 25.6 Å². The molecule has 0 amide bonds. The number of fused-ring (bicyclic) bond motifs is 1. The molecule has 98 valence electrons. The van der Waals surface area contributed by atoms with Gasteiger partial charge in [-0.15, -0.1) is 0 Å². The largest absolute Gasteiger partial charge is 0.347 e. The summed E-state index contributed by atoms with van der Waals surface area (Å²) in [5.41, 5.74) is 1.35. The number of hydrogen-bond acceptors (Lipinski definition) is 1. The molecular weight excluding hydrogens is 220 g/mol. The van der Waals surface area contributed by atoms with Crippen molar-refractivity contribution in [3.63, 3.8) is 0 Å². The molecule has 1 atom stereocenters. The Kier molecular flexibility index (Phi) is 4.82. The highest BCUT2D eigenvalue weighted by Gasteiger charge is 2.00. The Bertz CT molecular complexity index is 473. The first kappa shape index (κ1) is 13.2. The predicted octanol–water partition coefficient (Wildman–Crippen LogP) is 3.67. The van der Waals surface area contributed by atoms with E-state index in [1.165, 1.54) is 23.7 Å². The molecule has 2 heteroatoms. The summed E-state index contributed by atoms with van der Waals surface area (Å²) >= 11 is 0. The lowest BCUT2D eigenvalue weighted by Crippen LogP contribution is -2.22. The molecule has 0 fully saturated rings. The van der Waals surface area contributed by atoms with Crippen LogP contribution in [0, 0.1) is 5.92 Å². The number of aromatic nitrogens is 1. The highest BCUT2D eigenvalue weighted by atomic mass is 15.0. The van der Waals surface area contributed by atoms with Crippen LogP contribution in [0.1, 0.15) is 26.7 Å². The first-order valence-corrected chi connectivity index (χ1v) is 7.06. The van der Waals surface area contributed by atoms with Gasteiger partial charge in [-0.05, 0) is 42.9 Å². The van der Waals surface area contributed by atoms with Crippen molar-refractivity contribution in [2.75, 3.05) is 13.1 Å². The fourth-order valence-electron chi connectivity index (χ4n) is 2.20. The maximum absolute atomic E-state index is 3.53. The topological polar surface area (TPSA) is 17.0 Å². The van der Waals surface area contributed by atoms with Crippen LogP contribution in [0.4, 0.5) is 0 Å². The molecule has 2 nitrogen and oxygen atoms in total. The van der Waals surface area contributed by atoms with Crippen molar-refractivity contribution in [2.45, 2.75) is 33.2 Å². The molecule has 18 heavy (non-hydrogen) atoms. The fraction of sp³-hybridized carbons (Fsp3) is 0.500. The summed E-state index contributed by atoms with van der Waals surface area (Å²) in [6.07, 6.45) is 4.64. The number of rotatable bonds is 7. The number of nitrogens with one attached hydrogen (secondary N) is 1. The summed E-state index contributed by atoms with van der Waals surface area (Å²) in [7, 11) is 0. The van der Waals surface area contributed by atoms with Crippen LogP contribution in [0.15, 0.2) is 36.5 Å². The Morgan fingerprint density at radius 3 is 2.89 bits per heavy atom. The van der Waals surface area contributed by atoms with Crippen molar-refractivity contribution < 1.29 is 0 Å². The lowest BCUT2D eigenvalue weighted by Gasteiger charge is -2.10. The molecule has 1 unspecified atom stereocenters. The van der Waals surface area contributed by atoms with Gasteiger partial charge in [0.15, 0.2) is 0 Å². The lowest BCUT2D eigenvalue weighted by molar-refractivity contribution is 0.486. The molecule has 0 aliphatic rings. The van der Waals surface area contributed by atoms with E-state index in [2.05, 4.69) is 60.3 Å². The Hall–Kier alpha value is -1.28. The summed E-state index contributed by atoms with van der Waals surface area (Å²) in [6.45, 7) is 7.89. The van der Waals surface area contributed by atoms with Crippen LogP contribution in [-0.2, 0) is 6.54 Å². The van der Waals surface area contributed by atoms with Crippen molar-refractivity contribution in [3.05, 3.63) is 36.5 Å². The van der Waals surface area contributed by atoms with E-state index in [-0.39, 0.29) is 0 Å². The smallest absolute Gasteiger partial charge is 0.0480 e. The van der Waals surface area contributed by atoms with Gasteiger partial charge in [0.2, 0.25) is 0 Å². The summed E-state index contributed by atoms with van der Waals surface area (Å²) < 4.78 is 2.35. The maximum Gasteiger partial charge on any atom is 0.0480 e. The second kappa shape index (κ2) is 6.60. The van der Waals surface area contributed by atoms with Gasteiger partial charge in [0.25, 0.3) is 0 Å². The van der Waals surface area contributed by atoms with Crippen molar-refractivity contribution in [1.82, 2.24) is 9.88 Å². The quantitative estimate of drug-likeness (QED) is 0.735. The average Bonchev–Trinajstić information content (AvgIpc) is 2.81. The summed E-state index contributed by atoms with van der Waals surface area (Å²) in [5.74, 6) is 0.789. The number of hydrogen-bond donors (Lipinski definition) is 1. The third-order valence-electron chi connectivity index (χ3n) is 3.62. The molecule has 0 spiro atoms. The molecule has 0 saturated carbocycles. The first-order valence-electron chi connectivity index (χ1n) is 7.06. The highest BCUT2D eigenvalue weighted by Crippen LogP contribution is 2.15. The van der Waals surface area contributed by atoms with E-state index in [1.807, 2.05) is 0 Å². The van der Waals surface area contributed by atoms with Gasteiger partial charge in [0, 0.05) is 18.3 Å². The molecule has 1 heterocycles. The number of para-hydroxylation sites is 1. The number of benzene rings is 1. The molecule has 0 saturated heterocycles. The fourth-order valence-corrected chi connectivity index (χ4v) is 2.20. The minimum Gasteiger partial charge on any atom is -0.347 e. The summed E-state index contributed by atoms with van der Waals surface area (Å²) in [5, 5.41) is 4.87. The van der Waals surface area contributed by atoms with Gasteiger partial charge in [-0.25, -0.2) is 0 Å².